The zero-order chi connectivity index (χ0) is 22.9. The van der Waals surface area contributed by atoms with Crippen LogP contribution in [0.15, 0.2) is 59.5 Å². The van der Waals surface area contributed by atoms with Gasteiger partial charge in [-0.25, -0.2) is 8.42 Å². The molecule has 166 valence electrons. The first kappa shape index (κ1) is 24.1. The molecule has 0 spiro atoms. The highest BCUT2D eigenvalue weighted by Crippen LogP contribution is 2.13. The zero-order valence-corrected chi connectivity index (χ0v) is 17.9. The molecule has 0 aliphatic carbocycles. The van der Waals surface area contributed by atoms with E-state index in [1.165, 1.54) is 12.1 Å². The number of carbonyl (C=O) groups is 2. The molecule has 0 fully saturated rings. The minimum atomic E-state index is -3.72. The Morgan fingerprint density at radius 3 is 2.26 bits per heavy atom. The molecule has 1 unspecified atom stereocenters. The summed E-state index contributed by atoms with van der Waals surface area (Å²) in [7, 11) is -3.72. The molecule has 0 saturated carbocycles. The Kier molecular flexibility index (Phi) is 8.75. The maximum Gasteiger partial charge on any atom is 0.305 e. The van der Waals surface area contributed by atoms with E-state index in [-0.39, 0.29) is 23.1 Å². The van der Waals surface area contributed by atoms with Gasteiger partial charge in [-0.1, -0.05) is 42.5 Å². The van der Waals surface area contributed by atoms with Gasteiger partial charge in [-0.05, 0) is 37.0 Å². The van der Waals surface area contributed by atoms with Crippen molar-refractivity contribution in [2.45, 2.75) is 43.0 Å². The molecule has 31 heavy (non-hydrogen) atoms. The van der Waals surface area contributed by atoms with Crippen LogP contribution in [0.3, 0.4) is 0 Å². The summed E-state index contributed by atoms with van der Waals surface area (Å²) in [5.74, 6) is -2.02. The Morgan fingerprint density at radius 1 is 1.03 bits per heavy atom. The van der Waals surface area contributed by atoms with E-state index in [0.717, 1.165) is 18.4 Å². The van der Waals surface area contributed by atoms with Gasteiger partial charge in [0.2, 0.25) is 5.91 Å². The Labute approximate surface area is 181 Å². The number of carboxylic acids is 1. The summed E-state index contributed by atoms with van der Waals surface area (Å²) in [4.78, 5) is 23.5. The second-order valence-corrected chi connectivity index (χ2v) is 9.31. The lowest BCUT2D eigenvalue weighted by Gasteiger charge is -2.17. The van der Waals surface area contributed by atoms with Crippen LogP contribution in [0.1, 0.15) is 36.8 Å². The van der Waals surface area contributed by atoms with Crippen LogP contribution in [0.5, 0.6) is 0 Å². The second-order valence-electron chi connectivity index (χ2n) is 7.27. The molecule has 9 heteroatoms. The Morgan fingerprint density at radius 2 is 1.68 bits per heavy atom. The van der Waals surface area contributed by atoms with Crippen LogP contribution in [-0.2, 0) is 25.8 Å². The molecule has 2 aromatic carbocycles. The van der Waals surface area contributed by atoms with E-state index in [9.17, 15) is 18.0 Å². The topological polar surface area (TPSA) is 150 Å². The lowest BCUT2D eigenvalue weighted by Crippen LogP contribution is -2.41. The molecule has 0 aliphatic heterocycles. The van der Waals surface area contributed by atoms with Crippen LogP contribution in [0.2, 0.25) is 0 Å². The first-order chi connectivity index (χ1) is 14.7. The van der Waals surface area contributed by atoms with Crippen molar-refractivity contribution in [2.24, 2.45) is 5.73 Å². The highest BCUT2D eigenvalue weighted by atomic mass is 32.2. The molecule has 1 atom stereocenters. The van der Waals surface area contributed by atoms with Crippen LogP contribution in [-0.4, -0.2) is 43.0 Å². The lowest BCUT2D eigenvalue weighted by molar-refractivity contribution is -0.137. The third-order valence-corrected chi connectivity index (χ3v) is 6.52. The molecular formula is C22H27N3O5S. The number of unbranched alkanes of at least 4 members (excludes halogenated alkanes) is 1. The largest absolute Gasteiger partial charge is 0.481 e. The normalized spacial score (nSPS) is 12.1. The number of nitrogen functional groups attached to an aromatic ring is 1. The van der Waals surface area contributed by atoms with E-state index >= 15 is 0 Å². The molecule has 0 bridgehead atoms. The minimum Gasteiger partial charge on any atom is -0.481 e. The van der Waals surface area contributed by atoms with Crippen molar-refractivity contribution in [3.63, 3.8) is 0 Å². The van der Waals surface area contributed by atoms with E-state index in [4.69, 9.17) is 16.2 Å². The molecule has 1 amide bonds. The number of rotatable bonds is 12. The molecule has 0 aromatic heterocycles. The number of hydrogen-bond donors (Lipinski definition) is 4. The van der Waals surface area contributed by atoms with Crippen molar-refractivity contribution < 1.29 is 23.1 Å². The van der Waals surface area contributed by atoms with E-state index in [2.05, 4.69) is 5.32 Å². The SMILES string of the molecule is N=C(N)c1ccc(CCCCC(=O)NC(CC(=O)O)CS(=O)(=O)c2ccccc2)cc1. The molecule has 0 radical (unpaired) electrons. The smallest absolute Gasteiger partial charge is 0.305 e. The Balaban J connectivity index is 1.85. The maximum absolute atomic E-state index is 12.5. The van der Waals surface area contributed by atoms with Gasteiger partial charge < -0.3 is 16.2 Å². The summed E-state index contributed by atoms with van der Waals surface area (Å²) in [6.45, 7) is 0. The van der Waals surface area contributed by atoms with Gasteiger partial charge in [0.1, 0.15) is 5.84 Å². The third-order valence-electron chi connectivity index (χ3n) is 4.69. The number of nitrogens with two attached hydrogens (primary N) is 1. The molecule has 0 aliphatic rings. The number of amides is 1. The molecule has 5 N–H and O–H groups in total. The van der Waals surface area contributed by atoms with Gasteiger partial charge in [0.25, 0.3) is 0 Å². The van der Waals surface area contributed by atoms with Crippen molar-refractivity contribution in [3.05, 3.63) is 65.7 Å². The van der Waals surface area contributed by atoms with Gasteiger partial charge in [0.15, 0.2) is 9.84 Å². The number of nitrogens with one attached hydrogen (secondary N) is 2. The van der Waals surface area contributed by atoms with Crippen molar-refractivity contribution in [2.75, 3.05) is 5.75 Å². The summed E-state index contributed by atoms with van der Waals surface area (Å²) in [5, 5.41) is 19.0. The van der Waals surface area contributed by atoms with Crippen LogP contribution in [0.25, 0.3) is 0 Å². The fourth-order valence-electron chi connectivity index (χ4n) is 3.12. The van der Waals surface area contributed by atoms with Crippen LogP contribution in [0, 0.1) is 5.41 Å². The standard InChI is InChI=1S/C22H27N3O5S/c23-22(24)17-12-10-16(11-13-17)6-4-5-9-20(26)25-18(14-21(27)28)15-31(29,30)19-7-2-1-3-8-19/h1-3,7-8,10-13,18H,4-6,9,14-15H2,(H3,23,24)(H,25,26)(H,27,28). The van der Waals surface area contributed by atoms with E-state index in [1.54, 1.807) is 30.3 Å². The summed E-state index contributed by atoms with van der Waals surface area (Å²) in [5.41, 5.74) is 7.13. The van der Waals surface area contributed by atoms with E-state index in [1.807, 2.05) is 12.1 Å². The number of sulfone groups is 1. The quantitative estimate of drug-likeness (QED) is 0.223. The molecule has 8 nitrogen and oxygen atoms in total. The first-order valence-electron chi connectivity index (χ1n) is 9.89. The highest BCUT2D eigenvalue weighted by molar-refractivity contribution is 7.91. The monoisotopic (exact) mass is 445 g/mol. The summed E-state index contributed by atoms with van der Waals surface area (Å²) < 4.78 is 25.0. The number of benzene rings is 2. The zero-order valence-electron chi connectivity index (χ0n) is 17.1. The van der Waals surface area contributed by atoms with Gasteiger partial charge in [0.05, 0.1) is 23.1 Å². The summed E-state index contributed by atoms with van der Waals surface area (Å²) >= 11 is 0. The van der Waals surface area contributed by atoms with Crippen LogP contribution < -0.4 is 11.1 Å². The predicted molar refractivity (Wildman–Crippen MR) is 118 cm³/mol. The Bertz CT molecular complexity index is 1010. The molecule has 2 aromatic rings. The van der Waals surface area contributed by atoms with Gasteiger partial charge in [-0.15, -0.1) is 0 Å². The first-order valence-corrected chi connectivity index (χ1v) is 11.5. The maximum atomic E-state index is 12.5. The molecule has 0 saturated heterocycles. The molecular weight excluding hydrogens is 418 g/mol. The number of carboxylic acid groups (broad SMARTS) is 1. The average molecular weight is 446 g/mol. The fourth-order valence-corrected chi connectivity index (χ4v) is 4.61. The summed E-state index contributed by atoms with van der Waals surface area (Å²) in [6, 6.07) is 14.1. The van der Waals surface area contributed by atoms with Crippen molar-refractivity contribution in [1.82, 2.24) is 5.32 Å². The van der Waals surface area contributed by atoms with Gasteiger partial charge in [-0.3, -0.25) is 15.0 Å². The van der Waals surface area contributed by atoms with Gasteiger partial charge in [0, 0.05) is 12.0 Å². The number of amidine groups is 1. The predicted octanol–water partition coefficient (Wildman–Crippen LogP) is 2.12. The van der Waals surface area contributed by atoms with Crippen LogP contribution >= 0.6 is 0 Å². The highest BCUT2D eigenvalue weighted by Gasteiger charge is 2.24. The number of carbonyl (C=O) groups excluding carboxylic acids is 1. The third kappa shape index (κ3) is 8.21. The Hall–Kier alpha value is -3.20. The average Bonchev–Trinajstić information content (AvgIpc) is 2.71. The van der Waals surface area contributed by atoms with Gasteiger partial charge >= 0.3 is 5.97 Å². The number of hydrogen-bond acceptors (Lipinski definition) is 5. The van der Waals surface area contributed by atoms with Gasteiger partial charge in [-0.2, -0.15) is 0 Å². The van der Waals surface area contributed by atoms with Crippen molar-refractivity contribution in [1.29, 1.82) is 5.41 Å². The number of aryl methyl sites for hydroxylation is 1. The van der Waals surface area contributed by atoms with Crippen molar-refractivity contribution in [3.8, 4) is 0 Å². The van der Waals surface area contributed by atoms with E-state index in [0.29, 0.717) is 12.0 Å². The lowest BCUT2D eigenvalue weighted by atomic mass is 10.0. The molecule has 0 heterocycles. The van der Waals surface area contributed by atoms with Crippen LogP contribution in [0.4, 0.5) is 0 Å². The minimum absolute atomic E-state index is 0.00779. The number of aliphatic carboxylic acids is 1. The summed E-state index contributed by atoms with van der Waals surface area (Å²) in [6.07, 6.45) is 1.75. The van der Waals surface area contributed by atoms with Crippen molar-refractivity contribution >= 4 is 27.5 Å². The second kappa shape index (κ2) is 11.3. The fraction of sp³-hybridized carbons (Fsp3) is 0.318. The molecule has 2 rings (SSSR count). The van der Waals surface area contributed by atoms with E-state index < -0.39 is 34.0 Å².